The Hall–Kier alpha value is -0.990. The van der Waals surface area contributed by atoms with E-state index < -0.39 is 0 Å². The van der Waals surface area contributed by atoms with Crippen molar-refractivity contribution in [3.63, 3.8) is 0 Å². The Balaban J connectivity index is 1.96. The van der Waals surface area contributed by atoms with Crippen LogP contribution in [-0.4, -0.2) is 9.55 Å². The SMILES string of the molecule is CC(C)n1c(C2CCCC2)nc(C2CCCCC2)c1N. The standard InChI is InChI=1S/C17H29N3/c1-12(2)20-16(18)15(13-8-4-3-5-9-13)19-17(20)14-10-6-7-11-14/h12-14H,3-11,18H2,1-2H3. The first kappa shape index (κ1) is 14.0. The van der Waals surface area contributed by atoms with Crippen molar-refractivity contribution < 1.29 is 0 Å². The molecule has 0 atom stereocenters. The van der Waals surface area contributed by atoms with E-state index in [9.17, 15) is 0 Å². The molecule has 0 aromatic carbocycles. The average Bonchev–Trinajstić information content (AvgIpc) is 3.06. The van der Waals surface area contributed by atoms with Gasteiger partial charge in [0.1, 0.15) is 11.6 Å². The summed E-state index contributed by atoms with van der Waals surface area (Å²) in [4.78, 5) is 5.07. The molecular weight excluding hydrogens is 246 g/mol. The summed E-state index contributed by atoms with van der Waals surface area (Å²) in [5.41, 5.74) is 7.73. The molecule has 0 aliphatic heterocycles. The number of nitrogens with zero attached hydrogens (tertiary/aromatic N) is 2. The molecule has 0 amide bonds. The smallest absolute Gasteiger partial charge is 0.127 e. The molecule has 3 rings (SSSR count). The van der Waals surface area contributed by atoms with Crippen LogP contribution in [0.25, 0.3) is 0 Å². The Kier molecular flexibility index (Phi) is 4.04. The zero-order valence-electron chi connectivity index (χ0n) is 13.1. The molecule has 1 aromatic heterocycles. The van der Waals surface area contributed by atoms with E-state index >= 15 is 0 Å². The molecule has 0 radical (unpaired) electrons. The van der Waals surface area contributed by atoms with E-state index in [1.165, 1.54) is 69.3 Å². The molecule has 3 nitrogen and oxygen atoms in total. The van der Waals surface area contributed by atoms with Gasteiger partial charge < -0.3 is 10.3 Å². The van der Waals surface area contributed by atoms with E-state index in [-0.39, 0.29) is 0 Å². The average molecular weight is 275 g/mol. The second kappa shape index (κ2) is 5.79. The third-order valence-corrected chi connectivity index (χ3v) is 5.23. The Morgan fingerprint density at radius 2 is 1.50 bits per heavy atom. The fraction of sp³-hybridized carbons (Fsp3) is 0.824. The minimum Gasteiger partial charge on any atom is -0.384 e. The van der Waals surface area contributed by atoms with Gasteiger partial charge in [-0.25, -0.2) is 4.98 Å². The van der Waals surface area contributed by atoms with Crippen molar-refractivity contribution in [3.8, 4) is 0 Å². The lowest BCUT2D eigenvalue weighted by Crippen LogP contribution is -2.12. The molecule has 0 bridgehead atoms. The lowest BCUT2D eigenvalue weighted by Gasteiger charge is -2.21. The summed E-state index contributed by atoms with van der Waals surface area (Å²) in [6, 6.07) is 0.426. The number of nitrogens with two attached hydrogens (primary N) is 1. The van der Waals surface area contributed by atoms with Gasteiger partial charge in [-0.3, -0.25) is 0 Å². The second-order valence-corrected chi connectivity index (χ2v) is 7.02. The largest absolute Gasteiger partial charge is 0.384 e. The van der Waals surface area contributed by atoms with E-state index in [2.05, 4.69) is 18.4 Å². The maximum absolute atomic E-state index is 6.50. The highest BCUT2D eigenvalue weighted by molar-refractivity contribution is 5.42. The molecule has 2 aliphatic rings. The van der Waals surface area contributed by atoms with Crippen LogP contribution in [0.15, 0.2) is 0 Å². The summed E-state index contributed by atoms with van der Waals surface area (Å²) in [7, 11) is 0. The highest BCUT2D eigenvalue weighted by Gasteiger charge is 2.29. The normalized spacial score (nSPS) is 21.9. The van der Waals surface area contributed by atoms with Crippen LogP contribution in [0.3, 0.4) is 0 Å². The first-order chi connectivity index (χ1) is 9.68. The van der Waals surface area contributed by atoms with E-state index in [1.54, 1.807) is 0 Å². The van der Waals surface area contributed by atoms with E-state index in [1.807, 2.05) is 0 Å². The summed E-state index contributed by atoms with van der Waals surface area (Å²) in [6.07, 6.45) is 11.9. The van der Waals surface area contributed by atoms with Crippen LogP contribution in [0.2, 0.25) is 0 Å². The maximum Gasteiger partial charge on any atom is 0.127 e. The highest BCUT2D eigenvalue weighted by atomic mass is 15.2. The minimum absolute atomic E-state index is 0.426. The van der Waals surface area contributed by atoms with Gasteiger partial charge in [-0.15, -0.1) is 0 Å². The van der Waals surface area contributed by atoms with Crippen LogP contribution in [0.5, 0.6) is 0 Å². The number of hydrogen-bond donors (Lipinski definition) is 1. The number of nitrogen functional groups attached to an aromatic ring is 1. The predicted molar refractivity (Wildman–Crippen MR) is 84.1 cm³/mol. The summed E-state index contributed by atoms with van der Waals surface area (Å²) in [6.45, 7) is 4.47. The van der Waals surface area contributed by atoms with Crippen molar-refractivity contribution in [2.75, 3.05) is 5.73 Å². The van der Waals surface area contributed by atoms with Crippen LogP contribution in [0, 0.1) is 0 Å². The third-order valence-electron chi connectivity index (χ3n) is 5.23. The molecular formula is C17H29N3. The molecule has 0 spiro atoms. The van der Waals surface area contributed by atoms with Gasteiger partial charge in [0, 0.05) is 17.9 Å². The van der Waals surface area contributed by atoms with Gasteiger partial charge >= 0.3 is 0 Å². The van der Waals surface area contributed by atoms with Gasteiger partial charge in [0.25, 0.3) is 0 Å². The van der Waals surface area contributed by atoms with Crippen LogP contribution in [0.4, 0.5) is 5.82 Å². The predicted octanol–water partition coefficient (Wildman–Crippen LogP) is 4.75. The highest BCUT2D eigenvalue weighted by Crippen LogP contribution is 2.41. The number of rotatable bonds is 3. The lowest BCUT2D eigenvalue weighted by molar-refractivity contribution is 0.438. The topological polar surface area (TPSA) is 43.8 Å². The van der Waals surface area contributed by atoms with Crippen LogP contribution >= 0.6 is 0 Å². The van der Waals surface area contributed by atoms with Crippen LogP contribution < -0.4 is 5.73 Å². The van der Waals surface area contributed by atoms with Crippen molar-refractivity contribution in [1.29, 1.82) is 0 Å². The maximum atomic E-state index is 6.50. The quantitative estimate of drug-likeness (QED) is 0.865. The van der Waals surface area contributed by atoms with Gasteiger partial charge in [-0.2, -0.15) is 0 Å². The molecule has 2 saturated carbocycles. The summed E-state index contributed by atoms with van der Waals surface area (Å²) < 4.78 is 2.33. The first-order valence-electron chi connectivity index (χ1n) is 8.56. The molecule has 0 saturated heterocycles. The van der Waals surface area contributed by atoms with Gasteiger partial charge in [-0.1, -0.05) is 32.1 Å². The molecule has 1 aromatic rings. The number of aromatic nitrogens is 2. The summed E-state index contributed by atoms with van der Waals surface area (Å²) in [5, 5.41) is 0. The first-order valence-corrected chi connectivity index (χ1v) is 8.56. The van der Waals surface area contributed by atoms with Crippen molar-refractivity contribution in [2.45, 2.75) is 89.5 Å². The molecule has 3 heteroatoms. The van der Waals surface area contributed by atoms with Crippen LogP contribution in [0.1, 0.15) is 101 Å². The van der Waals surface area contributed by atoms with Gasteiger partial charge in [0.2, 0.25) is 0 Å². The monoisotopic (exact) mass is 275 g/mol. The summed E-state index contributed by atoms with van der Waals surface area (Å²) >= 11 is 0. The van der Waals surface area contributed by atoms with Gasteiger partial charge in [0.05, 0.1) is 5.69 Å². The number of hydrogen-bond acceptors (Lipinski definition) is 2. The lowest BCUT2D eigenvalue weighted by atomic mass is 9.87. The van der Waals surface area contributed by atoms with E-state index in [0.29, 0.717) is 17.9 Å². The second-order valence-electron chi connectivity index (χ2n) is 7.02. The molecule has 2 fully saturated rings. The van der Waals surface area contributed by atoms with Crippen molar-refractivity contribution in [1.82, 2.24) is 9.55 Å². The van der Waals surface area contributed by atoms with Gasteiger partial charge in [0.15, 0.2) is 0 Å². The molecule has 2 N–H and O–H groups in total. The Bertz CT molecular complexity index is 449. The molecule has 0 unspecified atom stereocenters. The number of imidazole rings is 1. The Morgan fingerprint density at radius 1 is 0.950 bits per heavy atom. The molecule has 2 aliphatic carbocycles. The minimum atomic E-state index is 0.426. The van der Waals surface area contributed by atoms with E-state index in [0.717, 1.165) is 5.82 Å². The molecule has 20 heavy (non-hydrogen) atoms. The zero-order chi connectivity index (χ0) is 14.1. The van der Waals surface area contributed by atoms with Crippen molar-refractivity contribution in [2.24, 2.45) is 0 Å². The van der Waals surface area contributed by atoms with E-state index in [4.69, 9.17) is 10.7 Å². The van der Waals surface area contributed by atoms with Crippen molar-refractivity contribution >= 4 is 5.82 Å². The fourth-order valence-corrected chi connectivity index (χ4v) is 4.17. The zero-order valence-corrected chi connectivity index (χ0v) is 13.1. The Labute approximate surface area is 123 Å². The van der Waals surface area contributed by atoms with Crippen molar-refractivity contribution in [3.05, 3.63) is 11.5 Å². The van der Waals surface area contributed by atoms with Gasteiger partial charge in [-0.05, 0) is 39.5 Å². The third kappa shape index (κ3) is 2.47. The fourth-order valence-electron chi connectivity index (χ4n) is 4.17. The summed E-state index contributed by atoms with van der Waals surface area (Å²) in [5.74, 6) is 3.52. The van der Waals surface area contributed by atoms with Crippen LogP contribution in [-0.2, 0) is 0 Å². The Morgan fingerprint density at radius 3 is 2.10 bits per heavy atom. The molecule has 1 heterocycles. The molecule has 112 valence electrons. The number of anilines is 1.